The van der Waals surface area contributed by atoms with Crippen LogP contribution >= 0.6 is 0 Å². The van der Waals surface area contributed by atoms with Crippen molar-refractivity contribution in [3.63, 3.8) is 0 Å². The van der Waals surface area contributed by atoms with Gasteiger partial charge in [0.15, 0.2) is 0 Å². The first-order chi connectivity index (χ1) is 24.1. The van der Waals surface area contributed by atoms with E-state index in [-0.39, 0.29) is 46.3 Å². The van der Waals surface area contributed by atoms with Crippen LogP contribution in [0.15, 0.2) is 36.4 Å². The number of nitrogens with two attached hydrogens (primary N) is 1. The topological polar surface area (TPSA) is 144 Å². The molecular weight excluding hydrogens is 632 g/mol. The van der Waals surface area contributed by atoms with Crippen LogP contribution in [0, 0.1) is 22.0 Å². The van der Waals surface area contributed by atoms with Crippen molar-refractivity contribution in [3.05, 3.63) is 68.8 Å². The van der Waals surface area contributed by atoms with E-state index in [4.69, 9.17) is 5.73 Å². The van der Waals surface area contributed by atoms with Gasteiger partial charge in [0.05, 0.1) is 21.4 Å². The number of rotatable bonds is 13. The molecule has 4 amide bonds. The second-order valence-corrected chi connectivity index (χ2v) is 14.1. The normalized spacial score (nSPS) is 15.8. The van der Waals surface area contributed by atoms with E-state index in [1.807, 2.05) is 6.92 Å². The van der Waals surface area contributed by atoms with Crippen LogP contribution in [0.4, 0.5) is 11.4 Å². The number of nitro groups is 1. The number of amides is 4. The number of carbonyl (C=O) groups is 4. The van der Waals surface area contributed by atoms with E-state index in [9.17, 15) is 29.3 Å². The van der Waals surface area contributed by atoms with Gasteiger partial charge in [-0.2, -0.15) is 0 Å². The van der Waals surface area contributed by atoms with Gasteiger partial charge in [0, 0.05) is 62.9 Å². The van der Waals surface area contributed by atoms with Crippen LogP contribution in [0.3, 0.4) is 0 Å². The van der Waals surface area contributed by atoms with Crippen LogP contribution in [0.25, 0.3) is 43.1 Å². The Balaban J connectivity index is 1.48. The van der Waals surface area contributed by atoms with Crippen LogP contribution in [-0.2, 0) is 0 Å². The maximum atomic E-state index is 14.1. The van der Waals surface area contributed by atoms with E-state index in [1.165, 1.54) is 15.9 Å². The van der Waals surface area contributed by atoms with Crippen LogP contribution in [0.1, 0.15) is 120 Å². The van der Waals surface area contributed by atoms with Crippen molar-refractivity contribution in [1.29, 1.82) is 0 Å². The molecule has 2 aliphatic rings. The molecule has 0 aliphatic carbocycles. The van der Waals surface area contributed by atoms with Gasteiger partial charge in [-0.05, 0) is 53.6 Å². The zero-order chi connectivity index (χ0) is 35.6. The fourth-order valence-corrected chi connectivity index (χ4v) is 8.40. The number of nitrogen functional groups attached to an aromatic ring is 1. The number of non-ortho nitro benzene ring substituents is 1. The lowest BCUT2D eigenvalue weighted by Crippen LogP contribution is -2.43. The maximum Gasteiger partial charge on any atom is 0.278 e. The van der Waals surface area contributed by atoms with E-state index < -0.39 is 28.6 Å². The van der Waals surface area contributed by atoms with Crippen LogP contribution in [-0.4, -0.2) is 51.4 Å². The van der Waals surface area contributed by atoms with Gasteiger partial charge < -0.3 is 5.73 Å². The molecule has 0 saturated carbocycles. The summed E-state index contributed by atoms with van der Waals surface area (Å²) in [6.45, 7) is 8.85. The Morgan fingerprint density at radius 2 is 1.06 bits per heavy atom. The number of nitro benzene ring substituents is 1. The minimum absolute atomic E-state index is 0.111. The predicted octanol–water partition coefficient (Wildman–Crippen LogP) is 8.85. The first kappa shape index (κ1) is 33.4. The summed E-state index contributed by atoms with van der Waals surface area (Å²) in [5.74, 6) is -1.52. The van der Waals surface area contributed by atoms with E-state index in [0.717, 1.165) is 51.4 Å². The Morgan fingerprint density at radius 3 is 1.52 bits per heavy atom. The molecule has 0 aromatic heterocycles. The third-order valence-electron chi connectivity index (χ3n) is 11.2. The van der Waals surface area contributed by atoms with Gasteiger partial charge in [-0.3, -0.25) is 39.1 Å². The maximum absolute atomic E-state index is 14.1. The molecule has 2 unspecified atom stereocenters. The van der Waals surface area contributed by atoms with E-state index >= 15 is 0 Å². The minimum atomic E-state index is -0.547. The number of nitrogens with zero attached hydrogens (tertiary/aromatic N) is 3. The van der Waals surface area contributed by atoms with Gasteiger partial charge in [-0.1, -0.05) is 78.4 Å². The lowest BCUT2D eigenvalue weighted by Gasteiger charge is -2.32. The number of benzene rings is 5. The van der Waals surface area contributed by atoms with E-state index in [2.05, 4.69) is 20.8 Å². The average Bonchev–Trinajstić information content (AvgIpc) is 3.11. The molecule has 7 rings (SSSR count). The van der Waals surface area contributed by atoms with Crippen LogP contribution in [0.5, 0.6) is 0 Å². The van der Waals surface area contributed by atoms with Crippen LogP contribution < -0.4 is 5.73 Å². The summed E-state index contributed by atoms with van der Waals surface area (Å²) in [6, 6.07) is 9.63. The average molecular weight is 675 g/mol. The Morgan fingerprint density at radius 1 is 0.620 bits per heavy atom. The lowest BCUT2D eigenvalue weighted by atomic mass is 9.81. The van der Waals surface area contributed by atoms with Gasteiger partial charge in [0.25, 0.3) is 29.3 Å². The fraction of sp³-hybridized carbons (Fsp3) is 0.400. The number of hydrogen-bond donors (Lipinski definition) is 1. The minimum Gasteiger partial charge on any atom is -0.398 e. The van der Waals surface area contributed by atoms with Gasteiger partial charge in [-0.25, -0.2) is 0 Å². The number of unbranched alkanes of at least 4 members (excludes halogenated alkanes) is 2. The Kier molecular flexibility index (Phi) is 8.44. The molecule has 10 nitrogen and oxygen atoms in total. The van der Waals surface area contributed by atoms with Crippen molar-refractivity contribution in [3.8, 4) is 0 Å². The van der Waals surface area contributed by atoms with E-state index in [1.54, 1.807) is 30.3 Å². The number of anilines is 1. The van der Waals surface area contributed by atoms with Crippen molar-refractivity contribution in [2.75, 3.05) is 18.8 Å². The molecular formula is C40H42N4O6. The first-order valence-corrected chi connectivity index (χ1v) is 18.0. The molecule has 0 saturated heterocycles. The Bertz CT molecular complexity index is 2280. The number of fused-ring (bicyclic) bond motifs is 2. The molecule has 0 fully saturated rings. The third-order valence-corrected chi connectivity index (χ3v) is 11.2. The lowest BCUT2D eigenvalue weighted by molar-refractivity contribution is -0.383. The molecule has 5 aromatic rings. The van der Waals surface area contributed by atoms with Gasteiger partial charge in [-0.15, -0.1) is 0 Å². The highest BCUT2D eigenvalue weighted by Crippen LogP contribution is 2.50. The summed E-state index contributed by atoms with van der Waals surface area (Å²) in [5.41, 5.74) is 7.83. The summed E-state index contributed by atoms with van der Waals surface area (Å²) in [6.07, 6.45) is 7.39. The molecule has 2 heterocycles. The van der Waals surface area contributed by atoms with Crippen LogP contribution in [0.2, 0.25) is 0 Å². The Hall–Kier alpha value is -5.12. The van der Waals surface area contributed by atoms with Gasteiger partial charge >= 0.3 is 0 Å². The SMILES string of the molecule is CCCCC(CC)CN1C(=O)c2ccc3c4c([N+](=O)[O-])cc5c6c(ccc(c7c(N)cc(c2c37)C1=O)c64)C(=O)N(CC(CC)CCCC)C5=O. The van der Waals surface area contributed by atoms with Crippen molar-refractivity contribution in [1.82, 2.24) is 9.80 Å². The Labute approximate surface area is 290 Å². The van der Waals surface area contributed by atoms with Crippen molar-refractivity contribution < 1.29 is 24.1 Å². The molecule has 10 heteroatoms. The molecule has 0 radical (unpaired) electrons. The molecule has 2 atom stereocenters. The molecule has 0 bridgehead atoms. The van der Waals surface area contributed by atoms with Gasteiger partial charge in [0.1, 0.15) is 0 Å². The van der Waals surface area contributed by atoms with Crippen molar-refractivity contribution in [2.45, 2.75) is 79.1 Å². The number of carbonyl (C=O) groups excluding carboxylic acids is 4. The zero-order valence-corrected chi connectivity index (χ0v) is 29.1. The standard InChI is InChI=1S/C40H42N4O6/c1-5-9-11-21(7-3)19-42-37(45)25-16-14-24-34-30(44(49)50)18-28-32-26(38(46)43(40(28)48)20-22(8-4)12-10-6-2)15-13-23(36(32)34)33-29(41)17-27(39(42)47)31(25)35(24)33/h13-18,21-22H,5-12,19-20,41H2,1-4H3. The molecule has 258 valence electrons. The predicted molar refractivity (Wildman–Crippen MR) is 196 cm³/mol. The fourth-order valence-electron chi connectivity index (χ4n) is 8.40. The molecule has 5 aromatic carbocycles. The first-order valence-electron chi connectivity index (χ1n) is 18.0. The highest BCUT2D eigenvalue weighted by atomic mass is 16.6. The molecule has 50 heavy (non-hydrogen) atoms. The smallest absolute Gasteiger partial charge is 0.278 e. The van der Waals surface area contributed by atoms with Gasteiger partial charge in [0.2, 0.25) is 0 Å². The highest BCUT2D eigenvalue weighted by molar-refractivity contribution is 6.43. The number of imide groups is 2. The summed E-state index contributed by atoms with van der Waals surface area (Å²) in [4.78, 5) is 71.2. The summed E-state index contributed by atoms with van der Waals surface area (Å²) in [7, 11) is 0. The highest BCUT2D eigenvalue weighted by Gasteiger charge is 2.40. The summed E-state index contributed by atoms with van der Waals surface area (Å²) in [5, 5.41) is 16.3. The second-order valence-electron chi connectivity index (χ2n) is 14.1. The van der Waals surface area contributed by atoms with Crippen molar-refractivity contribution >= 4 is 78.1 Å². The monoisotopic (exact) mass is 674 g/mol. The second kappa shape index (κ2) is 12.6. The largest absolute Gasteiger partial charge is 0.398 e. The summed E-state index contributed by atoms with van der Waals surface area (Å²) >= 11 is 0. The quantitative estimate of drug-likeness (QED) is 0.0328. The molecule has 2 N–H and O–H groups in total. The third kappa shape index (κ3) is 4.82. The summed E-state index contributed by atoms with van der Waals surface area (Å²) < 4.78 is 0. The number of hydrogen-bond acceptors (Lipinski definition) is 7. The van der Waals surface area contributed by atoms with E-state index in [0.29, 0.717) is 55.4 Å². The van der Waals surface area contributed by atoms with Crippen molar-refractivity contribution in [2.24, 2.45) is 11.8 Å². The molecule has 2 aliphatic heterocycles. The molecule has 0 spiro atoms. The zero-order valence-electron chi connectivity index (χ0n) is 29.1.